The summed E-state index contributed by atoms with van der Waals surface area (Å²) in [6, 6.07) is 3.23. The maximum absolute atomic E-state index is 12.3. The van der Waals surface area contributed by atoms with Crippen LogP contribution in [0.25, 0.3) is 0 Å². The minimum Gasteiger partial charge on any atom is -0.480 e. The second kappa shape index (κ2) is 6.87. The van der Waals surface area contributed by atoms with E-state index >= 15 is 0 Å². The van der Waals surface area contributed by atoms with E-state index in [4.69, 9.17) is 16.7 Å². The lowest BCUT2D eigenvalue weighted by Gasteiger charge is -2.20. The van der Waals surface area contributed by atoms with Gasteiger partial charge in [-0.25, -0.2) is 9.59 Å². The van der Waals surface area contributed by atoms with Crippen molar-refractivity contribution in [2.75, 3.05) is 18.0 Å². The topological polar surface area (TPSA) is 98.7 Å². The molecule has 0 radical (unpaired) electrons. The molecule has 7 nitrogen and oxygen atoms in total. The number of benzene rings is 1. The molecule has 124 valence electrons. The summed E-state index contributed by atoms with van der Waals surface area (Å²) < 4.78 is 0. The highest BCUT2D eigenvalue weighted by atomic mass is 35.5. The monoisotopic (exact) mass is 339 g/mol. The fourth-order valence-electron chi connectivity index (χ4n) is 2.30. The highest BCUT2D eigenvalue weighted by Crippen LogP contribution is 2.28. The van der Waals surface area contributed by atoms with Crippen molar-refractivity contribution in [1.82, 2.24) is 10.6 Å². The van der Waals surface area contributed by atoms with Gasteiger partial charge in [-0.15, -0.1) is 0 Å². The number of hydrogen-bond acceptors (Lipinski definition) is 3. The Morgan fingerprint density at radius 1 is 1.39 bits per heavy atom. The number of halogens is 1. The molecule has 0 bridgehead atoms. The molecule has 0 spiro atoms. The van der Waals surface area contributed by atoms with Gasteiger partial charge in [0.05, 0.1) is 10.7 Å². The molecule has 23 heavy (non-hydrogen) atoms. The van der Waals surface area contributed by atoms with Gasteiger partial charge in [0.1, 0.15) is 6.04 Å². The molecule has 1 aromatic rings. The molecule has 1 fully saturated rings. The maximum Gasteiger partial charge on any atom is 0.326 e. The Hall–Kier alpha value is -2.28. The molecule has 0 saturated carbocycles. The van der Waals surface area contributed by atoms with Gasteiger partial charge in [0.2, 0.25) is 0 Å². The SMILES string of the molecule is CC(C)C(NC(=O)c1ccc(Cl)c(N2CCNC2=O)c1)C(=O)O. The number of carboxylic acid groups (broad SMARTS) is 1. The molecule has 1 aliphatic rings. The van der Waals surface area contributed by atoms with Crippen LogP contribution in [0.2, 0.25) is 5.02 Å². The van der Waals surface area contributed by atoms with E-state index in [1.165, 1.54) is 23.1 Å². The molecule has 3 amide bonds. The Labute approximate surface area is 138 Å². The van der Waals surface area contributed by atoms with E-state index in [0.29, 0.717) is 23.8 Å². The van der Waals surface area contributed by atoms with Crippen LogP contribution in [-0.4, -0.2) is 42.1 Å². The van der Waals surface area contributed by atoms with E-state index in [0.717, 1.165) is 0 Å². The Kier molecular flexibility index (Phi) is 5.10. The number of rotatable bonds is 5. The molecule has 1 heterocycles. The van der Waals surface area contributed by atoms with Gasteiger partial charge in [0.25, 0.3) is 5.91 Å². The molecule has 0 aromatic heterocycles. The number of carboxylic acids is 1. The first kappa shape index (κ1) is 17.1. The number of hydrogen-bond donors (Lipinski definition) is 3. The summed E-state index contributed by atoms with van der Waals surface area (Å²) in [4.78, 5) is 36.7. The average molecular weight is 340 g/mol. The third-order valence-corrected chi connectivity index (χ3v) is 3.89. The van der Waals surface area contributed by atoms with Crippen molar-refractivity contribution >= 4 is 35.2 Å². The fourth-order valence-corrected chi connectivity index (χ4v) is 2.52. The van der Waals surface area contributed by atoms with Crippen molar-refractivity contribution in [2.24, 2.45) is 5.92 Å². The zero-order chi connectivity index (χ0) is 17.1. The predicted octanol–water partition coefficient (Wildman–Crippen LogP) is 1.71. The van der Waals surface area contributed by atoms with Crippen molar-refractivity contribution in [1.29, 1.82) is 0 Å². The number of anilines is 1. The average Bonchev–Trinajstić information content (AvgIpc) is 2.90. The van der Waals surface area contributed by atoms with E-state index in [1.807, 2.05) is 0 Å². The third-order valence-electron chi connectivity index (χ3n) is 3.58. The van der Waals surface area contributed by atoms with Gasteiger partial charge in [-0.05, 0) is 24.1 Å². The summed E-state index contributed by atoms with van der Waals surface area (Å²) in [5, 5.41) is 14.6. The van der Waals surface area contributed by atoms with Crippen molar-refractivity contribution in [3.63, 3.8) is 0 Å². The number of nitrogens with one attached hydrogen (secondary N) is 2. The molecule has 3 N–H and O–H groups in total. The van der Waals surface area contributed by atoms with Crippen LogP contribution < -0.4 is 15.5 Å². The Morgan fingerprint density at radius 2 is 2.09 bits per heavy atom. The molecular formula is C15H18ClN3O4. The molecule has 1 atom stereocenters. The molecule has 8 heteroatoms. The molecule has 1 unspecified atom stereocenters. The largest absolute Gasteiger partial charge is 0.480 e. The van der Waals surface area contributed by atoms with Crippen molar-refractivity contribution in [3.8, 4) is 0 Å². The van der Waals surface area contributed by atoms with Gasteiger partial charge in [0.15, 0.2) is 0 Å². The predicted molar refractivity (Wildman–Crippen MR) is 85.9 cm³/mol. The van der Waals surface area contributed by atoms with Crippen molar-refractivity contribution in [2.45, 2.75) is 19.9 Å². The van der Waals surface area contributed by atoms with E-state index in [9.17, 15) is 14.4 Å². The molecular weight excluding hydrogens is 322 g/mol. The second-order valence-electron chi connectivity index (χ2n) is 5.58. The van der Waals surface area contributed by atoms with E-state index < -0.39 is 17.9 Å². The molecule has 1 aliphatic heterocycles. The first-order chi connectivity index (χ1) is 10.8. The summed E-state index contributed by atoms with van der Waals surface area (Å²) in [6.07, 6.45) is 0. The molecule has 1 saturated heterocycles. The van der Waals surface area contributed by atoms with Crippen molar-refractivity contribution < 1.29 is 19.5 Å². The Morgan fingerprint density at radius 3 is 2.61 bits per heavy atom. The summed E-state index contributed by atoms with van der Waals surface area (Å²) in [5.41, 5.74) is 0.668. The fraction of sp³-hybridized carbons (Fsp3) is 0.400. The van der Waals surface area contributed by atoms with Crippen LogP contribution in [-0.2, 0) is 4.79 Å². The van der Waals surface area contributed by atoms with Gasteiger partial charge < -0.3 is 15.7 Å². The van der Waals surface area contributed by atoms with Crippen LogP contribution in [0.3, 0.4) is 0 Å². The van der Waals surface area contributed by atoms with Crippen molar-refractivity contribution in [3.05, 3.63) is 28.8 Å². The van der Waals surface area contributed by atoms with Gasteiger partial charge in [-0.1, -0.05) is 25.4 Å². The Bertz CT molecular complexity index is 648. The zero-order valence-corrected chi connectivity index (χ0v) is 13.6. The number of aliphatic carboxylic acids is 1. The van der Waals surface area contributed by atoms with E-state index in [1.54, 1.807) is 13.8 Å². The van der Waals surface area contributed by atoms with Gasteiger partial charge >= 0.3 is 12.0 Å². The lowest BCUT2D eigenvalue weighted by atomic mass is 10.0. The van der Waals surface area contributed by atoms with Gasteiger partial charge in [0, 0.05) is 18.7 Å². The van der Waals surface area contributed by atoms with Crippen LogP contribution in [0.15, 0.2) is 18.2 Å². The van der Waals surface area contributed by atoms with Gasteiger partial charge in [-0.3, -0.25) is 9.69 Å². The number of nitrogens with zero attached hydrogens (tertiary/aromatic N) is 1. The summed E-state index contributed by atoms with van der Waals surface area (Å²) in [6.45, 7) is 4.37. The molecule has 1 aromatic carbocycles. The maximum atomic E-state index is 12.3. The third kappa shape index (κ3) is 3.73. The zero-order valence-electron chi connectivity index (χ0n) is 12.8. The second-order valence-corrected chi connectivity index (χ2v) is 5.99. The quantitative estimate of drug-likeness (QED) is 0.760. The number of carbonyl (C=O) groups is 3. The van der Waals surface area contributed by atoms with Crippen LogP contribution in [0, 0.1) is 5.92 Å². The van der Waals surface area contributed by atoms with Crippen LogP contribution in [0.4, 0.5) is 10.5 Å². The van der Waals surface area contributed by atoms with E-state index in [2.05, 4.69) is 10.6 Å². The summed E-state index contributed by atoms with van der Waals surface area (Å²) >= 11 is 6.11. The lowest BCUT2D eigenvalue weighted by molar-refractivity contribution is -0.140. The smallest absolute Gasteiger partial charge is 0.326 e. The first-order valence-electron chi connectivity index (χ1n) is 7.20. The first-order valence-corrected chi connectivity index (χ1v) is 7.57. The van der Waals surface area contributed by atoms with E-state index in [-0.39, 0.29) is 17.5 Å². The van der Waals surface area contributed by atoms with Crippen LogP contribution in [0.5, 0.6) is 0 Å². The summed E-state index contributed by atoms with van der Waals surface area (Å²) in [7, 11) is 0. The number of urea groups is 1. The normalized spacial score (nSPS) is 15.5. The molecule has 2 rings (SSSR count). The minimum atomic E-state index is -1.10. The number of carbonyl (C=O) groups excluding carboxylic acids is 2. The van der Waals surface area contributed by atoms with Crippen LogP contribution in [0.1, 0.15) is 24.2 Å². The highest BCUT2D eigenvalue weighted by molar-refractivity contribution is 6.34. The highest BCUT2D eigenvalue weighted by Gasteiger charge is 2.26. The lowest BCUT2D eigenvalue weighted by Crippen LogP contribution is -2.44. The molecule has 0 aliphatic carbocycles. The number of amides is 3. The summed E-state index contributed by atoms with van der Waals surface area (Å²) in [5.74, 6) is -1.88. The Balaban J connectivity index is 2.24. The standard InChI is InChI=1S/C15H18ClN3O4/c1-8(2)12(14(21)22)18-13(20)9-3-4-10(16)11(7-9)19-6-5-17-15(19)23/h3-4,7-8,12H,5-6H2,1-2H3,(H,17,23)(H,18,20)(H,21,22). The van der Waals surface area contributed by atoms with Crippen LogP contribution >= 0.6 is 11.6 Å². The van der Waals surface area contributed by atoms with Gasteiger partial charge in [-0.2, -0.15) is 0 Å². The minimum absolute atomic E-state index is 0.246.